The van der Waals surface area contributed by atoms with Crippen LogP contribution in [0, 0.1) is 46.3 Å². The first-order chi connectivity index (χ1) is 12.9. The number of ether oxygens (including phenoxy) is 2. The quantitative estimate of drug-likeness (QED) is 0.233. The lowest BCUT2D eigenvalue weighted by Gasteiger charge is -2.09. The molecule has 1 aliphatic carbocycles. The van der Waals surface area contributed by atoms with E-state index in [2.05, 4.69) is 9.47 Å². The molecule has 0 saturated heterocycles. The van der Waals surface area contributed by atoms with Crippen molar-refractivity contribution in [1.29, 1.82) is 0 Å². The van der Waals surface area contributed by atoms with E-state index in [9.17, 15) is 35.9 Å². The molecular weight excluding hydrogens is 394 g/mol. The summed E-state index contributed by atoms with van der Waals surface area (Å²) >= 11 is 0. The van der Waals surface area contributed by atoms with Crippen molar-refractivity contribution in [3.8, 4) is 0 Å². The molecule has 2 atom stereocenters. The lowest BCUT2D eigenvalue weighted by Crippen LogP contribution is -2.14. The van der Waals surface area contributed by atoms with Gasteiger partial charge in [-0.2, -0.15) is 4.39 Å². The van der Waals surface area contributed by atoms with Crippen molar-refractivity contribution >= 4 is 11.9 Å². The molecule has 0 N–H and O–H groups in total. The van der Waals surface area contributed by atoms with Crippen molar-refractivity contribution < 1.29 is 45.4 Å². The van der Waals surface area contributed by atoms with Crippen LogP contribution in [0.15, 0.2) is 11.9 Å². The Kier molecular flexibility index (Phi) is 6.10. The second-order valence-corrected chi connectivity index (χ2v) is 6.72. The number of esters is 2. The molecule has 0 radical (unpaired) electrons. The van der Waals surface area contributed by atoms with Gasteiger partial charge in [-0.15, -0.1) is 0 Å². The number of hydrogen-bond acceptors (Lipinski definition) is 4. The van der Waals surface area contributed by atoms with Crippen molar-refractivity contribution in [2.75, 3.05) is 6.61 Å². The zero-order chi connectivity index (χ0) is 21.4. The Labute approximate surface area is 156 Å². The predicted octanol–water partition coefficient (Wildman–Crippen LogP) is 4.11. The number of hydrogen-bond donors (Lipinski definition) is 0. The molecule has 154 valence electrons. The molecule has 1 saturated carbocycles. The molecule has 1 aromatic carbocycles. The maximum atomic E-state index is 13.8. The Hall–Kier alpha value is -2.52. The third-order valence-electron chi connectivity index (χ3n) is 4.62. The van der Waals surface area contributed by atoms with Gasteiger partial charge in [-0.3, -0.25) is 4.79 Å². The number of carbonyl (C=O) groups is 2. The van der Waals surface area contributed by atoms with Crippen LogP contribution in [0.25, 0.3) is 0 Å². The SMILES string of the molecule is CCOC(=O)/C(F)=C/[C@H]1[C@@H](C(=O)OCc2c(F)c(F)c(F)c(F)c2F)C1(C)C. The Morgan fingerprint density at radius 2 is 1.46 bits per heavy atom. The first-order valence-electron chi connectivity index (χ1n) is 8.16. The molecule has 1 aliphatic rings. The largest absolute Gasteiger partial charge is 0.461 e. The maximum absolute atomic E-state index is 13.8. The first-order valence-corrected chi connectivity index (χ1v) is 8.16. The van der Waals surface area contributed by atoms with Gasteiger partial charge in [0.15, 0.2) is 23.3 Å². The fraction of sp³-hybridized carbons (Fsp3) is 0.444. The average Bonchev–Trinajstić information content (AvgIpc) is 3.18. The van der Waals surface area contributed by atoms with Crippen LogP contribution in [0.2, 0.25) is 0 Å². The maximum Gasteiger partial charge on any atom is 0.366 e. The van der Waals surface area contributed by atoms with Gasteiger partial charge in [0.1, 0.15) is 6.61 Å². The monoisotopic (exact) mass is 410 g/mol. The molecule has 0 spiro atoms. The zero-order valence-electron chi connectivity index (χ0n) is 15.0. The number of allylic oxidation sites excluding steroid dienone is 1. The predicted molar refractivity (Wildman–Crippen MR) is 82.6 cm³/mol. The number of benzene rings is 1. The van der Waals surface area contributed by atoms with Crippen molar-refractivity contribution in [2.45, 2.75) is 27.4 Å². The molecule has 0 bridgehead atoms. The second-order valence-electron chi connectivity index (χ2n) is 6.72. The van der Waals surface area contributed by atoms with E-state index in [0.717, 1.165) is 6.08 Å². The highest BCUT2D eigenvalue weighted by Crippen LogP contribution is 2.60. The molecule has 0 unspecified atom stereocenters. The highest BCUT2D eigenvalue weighted by atomic mass is 19.2. The van der Waals surface area contributed by atoms with Gasteiger partial charge >= 0.3 is 11.9 Å². The van der Waals surface area contributed by atoms with Crippen molar-refractivity contribution in [2.24, 2.45) is 17.3 Å². The molecule has 0 amide bonds. The Morgan fingerprint density at radius 3 is 1.96 bits per heavy atom. The van der Waals surface area contributed by atoms with Gasteiger partial charge in [0.2, 0.25) is 11.6 Å². The highest BCUT2D eigenvalue weighted by Gasteiger charge is 2.62. The molecule has 10 heteroatoms. The van der Waals surface area contributed by atoms with E-state index >= 15 is 0 Å². The minimum absolute atomic E-state index is 0.0540. The normalized spacial score (nSPS) is 20.7. The summed E-state index contributed by atoms with van der Waals surface area (Å²) in [7, 11) is 0. The third kappa shape index (κ3) is 3.85. The van der Waals surface area contributed by atoms with Crippen molar-refractivity contribution in [3.05, 3.63) is 46.6 Å². The second kappa shape index (κ2) is 7.84. The van der Waals surface area contributed by atoms with E-state index in [4.69, 9.17) is 0 Å². The van der Waals surface area contributed by atoms with Crippen LogP contribution in [-0.4, -0.2) is 18.5 Å². The Balaban J connectivity index is 2.13. The van der Waals surface area contributed by atoms with Crippen molar-refractivity contribution in [3.63, 3.8) is 0 Å². The van der Waals surface area contributed by atoms with Crippen LogP contribution in [0.4, 0.5) is 26.3 Å². The molecule has 0 aliphatic heterocycles. The van der Waals surface area contributed by atoms with E-state index < -0.39 is 76.3 Å². The van der Waals surface area contributed by atoms with E-state index in [1.54, 1.807) is 13.8 Å². The van der Waals surface area contributed by atoms with Crippen LogP contribution in [0.5, 0.6) is 0 Å². The summed E-state index contributed by atoms with van der Waals surface area (Å²) < 4.78 is 89.5. The summed E-state index contributed by atoms with van der Waals surface area (Å²) in [6, 6.07) is 0. The van der Waals surface area contributed by atoms with Gasteiger partial charge in [-0.25, -0.2) is 26.7 Å². The van der Waals surface area contributed by atoms with Gasteiger partial charge in [-0.05, 0) is 24.3 Å². The van der Waals surface area contributed by atoms with Crippen LogP contribution < -0.4 is 0 Å². The minimum Gasteiger partial charge on any atom is -0.461 e. The molecule has 1 aromatic rings. The van der Waals surface area contributed by atoms with Gasteiger partial charge in [-0.1, -0.05) is 13.8 Å². The fourth-order valence-corrected chi connectivity index (χ4v) is 2.87. The topological polar surface area (TPSA) is 52.6 Å². The first kappa shape index (κ1) is 21.8. The lowest BCUT2D eigenvalue weighted by molar-refractivity contribution is -0.147. The Morgan fingerprint density at radius 1 is 0.964 bits per heavy atom. The average molecular weight is 410 g/mol. The van der Waals surface area contributed by atoms with Gasteiger partial charge in [0.25, 0.3) is 0 Å². The third-order valence-corrected chi connectivity index (χ3v) is 4.62. The fourth-order valence-electron chi connectivity index (χ4n) is 2.87. The molecule has 2 rings (SSSR count). The lowest BCUT2D eigenvalue weighted by atomic mass is 10.1. The minimum atomic E-state index is -2.33. The molecule has 0 aromatic heterocycles. The van der Waals surface area contributed by atoms with E-state index in [-0.39, 0.29) is 6.61 Å². The standard InChI is InChI=1S/C18H16F6O4/c1-4-27-16(25)9(19)5-8-10(18(8,2)3)17(26)28-6-7-11(20)13(22)15(24)14(23)12(7)21/h5,8,10H,4,6H2,1-3H3/b9-5-/t8-,10-/m0/s1. The smallest absolute Gasteiger partial charge is 0.366 e. The summed E-state index contributed by atoms with van der Waals surface area (Å²) in [5.74, 6) is -16.1. The van der Waals surface area contributed by atoms with Crippen molar-refractivity contribution in [1.82, 2.24) is 0 Å². The number of rotatable bonds is 6. The Bertz CT molecular complexity index is 820. The number of halogens is 6. The van der Waals surface area contributed by atoms with Gasteiger partial charge in [0, 0.05) is 0 Å². The summed E-state index contributed by atoms with van der Waals surface area (Å²) in [6.07, 6.45) is 0.877. The highest BCUT2D eigenvalue weighted by molar-refractivity contribution is 5.86. The van der Waals surface area contributed by atoms with Crippen LogP contribution in [0.3, 0.4) is 0 Å². The van der Waals surface area contributed by atoms with Gasteiger partial charge in [0.05, 0.1) is 18.1 Å². The van der Waals surface area contributed by atoms with E-state index in [1.165, 1.54) is 6.92 Å². The van der Waals surface area contributed by atoms with E-state index in [0.29, 0.717) is 0 Å². The van der Waals surface area contributed by atoms with Crippen LogP contribution in [-0.2, 0) is 25.7 Å². The summed E-state index contributed by atoms with van der Waals surface area (Å²) in [4.78, 5) is 23.4. The molecule has 4 nitrogen and oxygen atoms in total. The molecular formula is C18H16F6O4. The molecule has 1 fully saturated rings. The summed E-state index contributed by atoms with van der Waals surface area (Å²) in [5.41, 5.74) is -2.15. The van der Waals surface area contributed by atoms with Gasteiger partial charge < -0.3 is 9.47 Å². The summed E-state index contributed by atoms with van der Waals surface area (Å²) in [5, 5.41) is 0. The van der Waals surface area contributed by atoms with E-state index in [1.807, 2.05) is 0 Å². The van der Waals surface area contributed by atoms with Crippen LogP contribution >= 0.6 is 0 Å². The molecule has 28 heavy (non-hydrogen) atoms. The van der Waals surface area contributed by atoms with Crippen LogP contribution in [0.1, 0.15) is 26.3 Å². The zero-order valence-corrected chi connectivity index (χ0v) is 15.0. The summed E-state index contributed by atoms with van der Waals surface area (Å²) in [6.45, 7) is 3.33. The molecule has 0 heterocycles. The number of carbonyl (C=O) groups excluding carboxylic acids is 2.